The molecule has 122 valence electrons. The van der Waals surface area contributed by atoms with Crippen LogP contribution in [-0.4, -0.2) is 41.8 Å². The highest BCUT2D eigenvalue weighted by Crippen LogP contribution is 2.34. The Bertz CT molecular complexity index is 511. The van der Waals surface area contributed by atoms with Gasteiger partial charge in [-0.25, -0.2) is 0 Å². The molecular formula is C15H18F3NO3. The average Bonchev–Trinajstić information content (AvgIpc) is 2.52. The van der Waals surface area contributed by atoms with Crippen LogP contribution in [0.2, 0.25) is 0 Å². The number of rotatable bonds is 4. The molecule has 1 fully saturated rings. The first-order valence-corrected chi connectivity index (χ1v) is 7.07. The van der Waals surface area contributed by atoms with Crippen LogP contribution in [0.5, 0.6) is 5.75 Å². The molecule has 0 atom stereocenters. The molecule has 1 heterocycles. The van der Waals surface area contributed by atoms with Crippen LogP contribution in [0.15, 0.2) is 24.3 Å². The minimum absolute atomic E-state index is 0.0603. The number of ether oxygens (including phenoxy) is 1. The van der Waals surface area contributed by atoms with Gasteiger partial charge in [-0.05, 0) is 30.5 Å². The molecule has 22 heavy (non-hydrogen) atoms. The predicted octanol–water partition coefficient (Wildman–Crippen LogP) is 2.36. The first-order valence-electron chi connectivity index (χ1n) is 7.07. The lowest BCUT2D eigenvalue weighted by Gasteiger charge is -2.32. The van der Waals surface area contributed by atoms with E-state index in [1.807, 2.05) is 0 Å². The number of aliphatic hydroxyl groups excluding tert-OH is 1. The number of piperidine rings is 1. The smallest absolute Gasteiger partial charge is 0.391 e. The summed E-state index contributed by atoms with van der Waals surface area (Å²) in [4.78, 5) is 13.4. The summed E-state index contributed by atoms with van der Waals surface area (Å²) in [7, 11) is 0. The summed E-state index contributed by atoms with van der Waals surface area (Å²) < 4.78 is 43.0. The molecule has 0 spiro atoms. The Morgan fingerprint density at radius 3 is 2.59 bits per heavy atom. The third kappa shape index (κ3) is 4.37. The van der Waals surface area contributed by atoms with Crippen molar-refractivity contribution in [3.63, 3.8) is 0 Å². The van der Waals surface area contributed by atoms with Crippen molar-refractivity contribution in [1.82, 2.24) is 4.90 Å². The number of halogens is 3. The molecule has 1 N–H and O–H groups in total. The van der Waals surface area contributed by atoms with E-state index < -0.39 is 12.1 Å². The van der Waals surface area contributed by atoms with E-state index in [1.54, 1.807) is 24.3 Å². The van der Waals surface area contributed by atoms with Crippen LogP contribution in [0.4, 0.5) is 13.2 Å². The van der Waals surface area contributed by atoms with Gasteiger partial charge in [-0.15, -0.1) is 0 Å². The number of benzene rings is 1. The number of carbonyl (C=O) groups is 1. The number of hydrogen-bond donors (Lipinski definition) is 1. The van der Waals surface area contributed by atoms with Gasteiger partial charge in [0, 0.05) is 13.1 Å². The molecule has 0 aromatic heterocycles. The van der Waals surface area contributed by atoms with Gasteiger partial charge in [-0.3, -0.25) is 4.79 Å². The summed E-state index contributed by atoms with van der Waals surface area (Å²) in [5.74, 6) is -1.20. The zero-order valence-corrected chi connectivity index (χ0v) is 12.0. The fourth-order valence-electron chi connectivity index (χ4n) is 2.43. The van der Waals surface area contributed by atoms with E-state index in [4.69, 9.17) is 9.84 Å². The van der Waals surface area contributed by atoms with Crippen molar-refractivity contribution < 1.29 is 27.8 Å². The summed E-state index contributed by atoms with van der Waals surface area (Å²) in [6.45, 7) is -0.145. The topological polar surface area (TPSA) is 49.8 Å². The van der Waals surface area contributed by atoms with Gasteiger partial charge in [0.15, 0.2) is 6.61 Å². The van der Waals surface area contributed by atoms with Gasteiger partial charge in [0.05, 0.1) is 12.5 Å². The van der Waals surface area contributed by atoms with Gasteiger partial charge >= 0.3 is 6.18 Å². The van der Waals surface area contributed by atoms with Crippen LogP contribution >= 0.6 is 0 Å². The molecular weight excluding hydrogens is 299 g/mol. The van der Waals surface area contributed by atoms with Crippen LogP contribution < -0.4 is 4.74 Å². The molecule has 7 heteroatoms. The fraction of sp³-hybridized carbons (Fsp3) is 0.533. The number of alkyl halides is 3. The Kier molecular flexibility index (Phi) is 5.28. The number of amides is 1. The van der Waals surface area contributed by atoms with Crippen molar-refractivity contribution >= 4 is 5.91 Å². The van der Waals surface area contributed by atoms with Crippen LogP contribution in [-0.2, 0) is 11.4 Å². The minimum Gasteiger partial charge on any atom is -0.484 e. The first-order chi connectivity index (χ1) is 10.4. The molecule has 1 aliphatic heterocycles. The number of hydrogen-bond acceptors (Lipinski definition) is 3. The molecule has 1 aromatic carbocycles. The zero-order chi connectivity index (χ0) is 16.2. The largest absolute Gasteiger partial charge is 0.484 e. The number of likely N-dealkylation sites (tertiary alicyclic amines) is 1. The maximum absolute atomic E-state index is 12.6. The van der Waals surface area contributed by atoms with E-state index in [0.29, 0.717) is 11.3 Å². The lowest BCUT2D eigenvalue weighted by atomic mass is 9.96. The van der Waals surface area contributed by atoms with Crippen LogP contribution in [0.1, 0.15) is 18.4 Å². The van der Waals surface area contributed by atoms with Crippen molar-refractivity contribution in [3.8, 4) is 5.75 Å². The van der Waals surface area contributed by atoms with Crippen molar-refractivity contribution in [2.24, 2.45) is 5.92 Å². The second-order valence-electron chi connectivity index (χ2n) is 5.29. The fourth-order valence-corrected chi connectivity index (χ4v) is 2.43. The Labute approximate surface area is 126 Å². The maximum atomic E-state index is 12.6. The highest BCUT2D eigenvalue weighted by Gasteiger charge is 2.41. The molecule has 0 aliphatic carbocycles. The maximum Gasteiger partial charge on any atom is 0.391 e. The summed E-state index contributed by atoms with van der Waals surface area (Å²) in [5.41, 5.74) is 0.663. The van der Waals surface area contributed by atoms with Crippen molar-refractivity contribution in [2.75, 3.05) is 19.7 Å². The van der Waals surface area contributed by atoms with E-state index >= 15 is 0 Å². The number of nitrogens with zero attached hydrogens (tertiary/aromatic N) is 1. The number of aliphatic hydroxyl groups is 1. The quantitative estimate of drug-likeness (QED) is 0.927. The second kappa shape index (κ2) is 7.00. The van der Waals surface area contributed by atoms with Gasteiger partial charge in [0.25, 0.3) is 5.91 Å². The second-order valence-corrected chi connectivity index (χ2v) is 5.29. The highest BCUT2D eigenvalue weighted by molar-refractivity contribution is 5.77. The van der Waals surface area contributed by atoms with Gasteiger partial charge in [0.1, 0.15) is 5.75 Å². The molecule has 2 rings (SSSR count). The Hall–Kier alpha value is -1.76. The van der Waals surface area contributed by atoms with Crippen molar-refractivity contribution in [2.45, 2.75) is 25.6 Å². The van der Waals surface area contributed by atoms with E-state index in [0.717, 1.165) is 0 Å². The molecule has 1 saturated heterocycles. The SMILES string of the molecule is O=C(COc1cccc(CO)c1)N1CCC(C(F)(F)F)CC1. The molecule has 0 radical (unpaired) electrons. The lowest BCUT2D eigenvalue weighted by Crippen LogP contribution is -2.43. The predicted molar refractivity (Wildman–Crippen MR) is 73.2 cm³/mol. The van der Waals surface area contributed by atoms with Crippen molar-refractivity contribution in [3.05, 3.63) is 29.8 Å². The van der Waals surface area contributed by atoms with E-state index in [-0.39, 0.29) is 45.1 Å². The summed E-state index contributed by atoms with van der Waals surface area (Å²) in [6.07, 6.45) is -4.30. The average molecular weight is 317 g/mol. The molecule has 4 nitrogen and oxygen atoms in total. The summed E-state index contributed by atoms with van der Waals surface area (Å²) in [5, 5.41) is 9.01. The Balaban J connectivity index is 1.81. The third-order valence-corrected chi connectivity index (χ3v) is 3.75. The zero-order valence-electron chi connectivity index (χ0n) is 12.0. The molecule has 1 amide bonds. The number of carbonyl (C=O) groups excluding carboxylic acids is 1. The van der Waals surface area contributed by atoms with Gasteiger partial charge in [-0.1, -0.05) is 12.1 Å². The van der Waals surface area contributed by atoms with Gasteiger partial charge in [0.2, 0.25) is 0 Å². The monoisotopic (exact) mass is 317 g/mol. The van der Waals surface area contributed by atoms with Crippen LogP contribution in [0, 0.1) is 5.92 Å². The molecule has 1 aliphatic rings. The lowest BCUT2D eigenvalue weighted by molar-refractivity contribution is -0.186. The molecule has 1 aromatic rings. The van der Waals surface area contributed by atoms with Crippen LogP contribution in [0.3, 0.4) is 0 Å². The summed E-state index contributed by atoms with van der Waals surface area (Å²) in [6, 6.07) is 6.68. The Morgan fingerprint density at radius 2 is 2.00 bits per heavy atom. The van der Waals surface area contributed by atoms with E-state index in [2.05, 4.69) is 0 Å². The minimum atomic E-state index is -4.18. The van der Waals surface area contributed by atoms with E-state index in [9.17, 15) is 18.0 Å². The standard InChI is InChI=1S/C15H18F3NO3/c16-15(17,18)12-4-6-19(7-5-12)14(21)10-22-13-3-1-2-11(8-13)9-20/h1-3,8,12,20H,4-7,9-10H2. The molecule has 0 bridgehead atoms. The van der Waals surface area contributed by atoms with E-state index in [1.165, 1.54) is 4.90 Å². The van der Waals surface area contributed by atoms with Crippen molar-refractivity contribution in [1.29, 1.82) is 0 Å². The van der Waals surface area contributed by atoms with Crippen LogP contribution in [0.25, 0.3) is 0 Å². The normalized spacial score (nSPS) is 16.6. The molecule has 0 unspecified atom stereocenters. The Morgan fingerprint density at radius 1 is 1.32 bits per heavy atom. The summed E-state index contributed by atoms with van der Waals surface area (Å²) >= 11 is 0. The highest BCUT2D eigenvalue weighted by atomic mass is 19.4. The van der Waals surface area contributed by atoms with Gasteiger partial charge < -0.3 is 14.7 Å². The molecule has 0 saturated carbocycles. The first kappa shape index (κ1) is 16.6. The third-order valence-electron chi connectivity index (χ3n) is 3.75. The van der Waals surface area contributed by atoms with Gasteiger partial charge in [-0.2, -0.15) is 13.2 Å².